The van der Waals surface area contributed by atoms with E-state index in [0.29, 0.717) is 22.0 Å². The minimum absolute atomic E-state index is 0.367. The second-order valence-electron chi connectivity index (χ2n) is 5.05. The highest BCUT2D eigenvalue weighted by Crippen LogP contribution is 2.32. The van der Waals surface area contributed by atoms with Crippen LogP contribution in [0, 0.1) is 6.92 Å². The molecule has 0 aromatic carbocycles. The predicted molar refractivity (Wildman–Crippen MR) is 84.4 cm³/mol. The number of carbonyl (C=O) groups excluding carboxylic acids is 1. The lowest BCUT2D eigenvalue weighted by Gasteiger charge is -1.96. The first-order valence-electron chi connectivity index (χ1n) is 6.81. The van der Waals surface area contributed by atoms with Crippen molar-refractivity contribution in [1.82, 2.24) is 29.4 Å². The van der Waals surface area contributed by atoms with Gasteiger partial charge in [0.05, 0.1) is 12.5 Å². The predicted octanol–water partition coefficient (Wildman–Crippen LogP) is 1.83. The number of ether oxygens (including phenoxy) is 1. The van der Waals surface area contributed by atoms with Gasteiger partial charge in [0.15, 0.2) is 5.65 Å². The van der Waals surface area contributed by atoms with Gasteiger partial charge in [-0.05, 0) is 18.6 Å². The van der Waals surface area contributed by atoms with Crippen molar-refractivity contribution in [1.29, 1.82) is 0 Å². The molecule has 0 aliphatic rings. The summed E-state index contributed by atoms with van der Waals surface area (Å²) in [6.45, 7) is 1.86. The van der Waals surface area contributed by atoms with Gasteiger partial charge in [-0.2, -0.15) is 5.10 Å². The fourth-order valence-corrected chi connectivity index (χ4v) is 3.53. The van der Waals surface area contributed by atoms with Gasteiger partial charge in [0.1, 0.15) is 21.7 Å². The Bertz CT molecular complexity index is 1060. The van der Waals surface area contributed by atoms with Crippen LogP contribution in [0.3, 0.4) is 0 Å². The SMILES string of the molecule is COC(=O)c1sc2ncn3nc(-c4ccn(C)n4)nc3c2c1C. The van der Waals surface area contributed by atoms with Crippen molar-refractivity contribution in [3.8, 4) is 11.5 Å². The van der Waals surface area contributed by atoms with Gasteiger partial charge in [-0.3, -0.25) is 4.68 Å². The molecule has 4 rings (SSSR count). The molecule has 0 aliphatic carbocycles. The number of hydrogen-bond acceptors (Lipinski definition) is 7. The number of methoxy groups -OCH3 is 1. The first kappa shape index (κ1) is 13.8. The van der Waals surface area contributed by atoms with Crippen molar-refractivity contribution in [3.63, 3.8) is 0 Å². The number of thiophene rings is 1. The van der Waals surface area contributed by atoms with E-state index in [9.17, 15) is 4.79 Å². The summed E-state index contributed by atoms with van der Waals surface area (Å²) in [4.78, 5) is 22.1. The van der Waals surface area contributed by atoms with Crippen LogP contribution in [0.5, 0.6) is 0 Å². The Kier molecular flexibility index (Phi) is 2.91. The van der Waals surface area contributed by atoms with Gasteiger partial charge in [-0.1, -0.05) is 0 Å². The third kappa shape index (κ3) is 2.00. The molecule has 0 aliphatic heterocycles. The second-order valence-corrected chi connectivity index (χ2v) is 6.05. The standard InChI is InChI=1S/C14H12N6O2S/c1-7-9-12-16-11(8-4-5-19(2)17-8)18-20(12)6-15-13(9)23-10(7)14(21)22-3/h4-6H,1-3H3. The molecule has 4 heterocycles. The second kappa shape index (κ2) is 4.85. The molecule has 0 fully saturated rings. The molecule has 4 aromatic heterocycles. The molecule has 0 spiro atoms. The van der Waals surface area contributed by atoms with E-state index in [2.05, 4.69) is 20.2 Å². The van der Waals surface area contributed by atoms with Crippen LogP contribution in [0.4, 0.5) is 0 Å². The van der Waals surface area contributed by atoms with Crippen LogP contribution >= 0.6 is 11.3 Å². The third-order valence-electron chi connectivity index (χ3n) is 3.58. The number of fused-ring (bicyclic) bond motifs is 3. The molecule has 9 heteroatoms. The van der Waals surface area contributed by atoms with Gasteiger partial charge in [0.25, 0.3) is 0 Å². The maximum absolute atomic E-state index is 11.9. The molecule has 0 amide bonds. The van der Waals surface area contributed by atoms with Gasteiger partial charge in [-0.25, -0.2) is 19.3 Å². The van der Waals surface area contributed by atoms with Crippen LogP contribution in [0.15, 0.2) is 18.6 Å². The fourth-order valence-electron chi connectivity index (χ4n) is 2.46. The van der Waals surface area contributed by atoms with Crippen LogP contribution < -0.4 is 0 Å². The highest BCUT2D eigenvalue weighted by Gasteiger charge is 2.21. The average Bonchev–Trinajstić information content (AvgIpc) is 3.22. The van der Waals surface area contributed by atoms with Crippen molar-refractivity contribution in [2.24, 2.45) is 7.05 Å². The normalized spacial score (nSPS) is 11.4. The van der Waals surface area contributed by atoms with Gasteiger partial charge in [-0.15, -0.1) is 16.4 Å². The fraction of sp³-hybridized carbons (Fsp3) is 0.214. The van der Waals surface area contributed by atoms with Crippen LogP contribution in [0.2, 0.25) is 0 Å². The molecular formula is C14H12N6O2S. The quantitative estimate of drug-likeness (QED) is 0.522. The molecule has 8 nitrogen and oxygen atoms in total. The summed E-state index contributed by atoms with van der Waals surface area (Å²) >= 11 is 1.29. The number of nitrogens with zero attached hydrogens (tertiary/aromatic N) is 6. The highest BCUT2D eigenvalue weighted by atomic mass is 32.1. The van der Waals surface area contributed by atoms with E-state index in [1.807, 2.05) is 26.2 Å². The molecule has 0 radical (unpaired) electrons. The maximum atomic E-state index is 11.9. The van der Waals surface area contributed by atoms with Crippen molar-refractivity contribution in [2.45, 2.75) is 6.92 Å². The molecule has 0 saturated heterocycles. The summed E-state index contributed by atoms with van der Waals surface area (Å²) in [7, 11) is 3.20. The number of esters is 1. The highest BCUT2D eigenvalue weighted by molar-refractivity contribution is 7.20. The van der Waals surface area contributed by atoms with Crippen LogP contribution in [-0.2, 0) is 11.8 Å². The first-order valence-corrected chi connectivity index (χ1v) is 7.63. The summed E-state index contributed by atoms with van der Waals surface area (Å²) in [5.41, 5.74) is 2.14. The van der Waals surface area contributed by atoms with E-state index < -0.39 is 0 Å². The van der Waals surface area contributed by atoms with E-state index in [0.717, 1.165) is 15.8 Å². The lowest BCUT2D eigenvalue weighted by molar-refractivity contribution is 0.0605. The van der Waals surface area contributed by atoms with Gasteiger partial charge >= 0.3 is 5.97 Å². The maximum Gasteiger partial charge on any atom is 0.348 e. The first-order chi connectivity index (χ1) is 11.1. The zero-order chi connectivity index (χ0) is 16.1. The number of hydrogen-bond donors (Lipinski definition) is 0. The van der Waals surface area contributed by atoms with E-state index >= 15 is 0 Å². The van der Waals surface area contributed by atoms with Crippen molar-refractivity contribution in [3.05, 3.63) is 29.0 Å². The molecule has 0 unspecified atom stereocenters. The summed E-state index contributed by atoms with van der Waals surface area (Å²) in [6, 6.07) is 1.85. The molecule has 0 saturated carbocycles. The van der Waals surface area contributed by atoms with Crippen LogP contribution in [0.1, 0.15) is 15.2 Å². The molecule has 0 atom stereocenters. The minimum Gasteiger partial charge on any atom is -0.465 e. The molecule has 116 valence electrons. The number of aromatic nitrogens is 6. The van der Waals surface area contributed by atoms with Crippen LogP contribution in [0.25, 0.3) is 27.4 Å². The Morgan fingerprint density at radius 2 is 2.17 bits per heavy atom. The van der Waals surface area contributed by atoms with E-state index in [-0.39, 0.29) is 5.97 Å². The smallest absolute Gasteiger partial charge is 0.348 e. The van der Waals surface area contributed by atoms with Gasteiger partial charge < -0.3 is 4.74 Å². The van der Waals surface area contributed by atoms with Crippen molar-refractivity contribution < 1.29 is 9.53 Å². The number of rotatable bonds is 2. The van der Waals surface area contributed by atoms with E-state index in [4.69, 9.17) is 4.74 Å². The Labute approximate surface area is 134 Å². The zero-order valence-electron chi connectivity index (χ0n) is 12.6. The number of carbonyl (C=O) groups is 1. The monoisotopic (exact) mass is 328 g/mol. The molecule has 0 N–H and O–H groups in total. The van der Waals surface area contributed by atoms with Gasteiger partial charge in [0, 0.05) is 13.2 Å². The third-order valence-corrected chi connectivity index (χ3v) is 4.76. The number of aryl methyl sites for hydroxylation is 2. The molecule has 0 bridgehead atoms. The summed E-state index contributed by atoms with van der Waals surface area (Å²) in [6.07, 6.45) is 3.42. The van der Waals surface area contributed by atoms with Crippen LogP contribution in [-0.4, -0.2) is 42.4 Å². The Balaban J connectivity index is 1.99. The Hall–Kier alpha value is -2.81. The zero-order valence-corrected chi connectivity index (χ0v) is 13.5. The van der Waals surface area contributed by atoms with E-state index in [1.54, 1.807) is 15.5 Å². The molecular weight excluding hydrogens is 316 g/mol. The molecule has 4 aromatic rings. The van der Waals surface area contributed by atoms with Crippen molar-refractivity contribution in [2.75, 3.05) is 7.11 Å². The largest absolute Gasteiger partial charge is 0.465 e. The van der Waals surface area contributed by atoms with E-state index in [1.165, 1.54) is 18.4 Å². The Morgan fingerprint density at radius 1 is 1.35 bits per heavy atom. The summed E-state index contributed by atoms with van der Waals surface area (Å²) in [5.74, 6) is 0.151. The summed E-state index contributed by atoms with van der Waals surface area (Å²) < 4.78 is 8.12. The average molecular weight is 328 g/mol. The molecule has 23 heavy (non-hydrogen) atoms. The van der Waals surface area contributed by atoms with Gasteiger partial charge in [0.2, 0.25) is 5.82 Å². The summed E-state index contributed by atoms with van der Waals surface area (Å²) in [5, 5.41) is 9.54. The topological polar surface area (TPSA) is 87.2 Å². The minimum atomic E-state index is -0.367. The lowest BCUT2D eigenvalue weighted by Crippen LogP contribution is -1.99. The lowest BCUT2D eigenvalue weighted by atomic mass is 10.2. The van der Waals surface area contributed by atoms with Crippen molar-refractivity contribution >= 4 is 33.2 Å². The Morgan fingerprint density at radius 3 is 2.87 bits per heavy atom.